The zero-order valence-corrected chi connectivity index (χ0v) is 10.3. The highest BCUT2D eigenvalue weighted by Gasteiger charge is 2.24. The molecule has 1 amide bonds. The Morgan fingerprint density at radius 3 is 3.22 bits per heavy atom. The smallest absolute Gasteiger partial charge is 0.289 e. The monoisotopic (exact) mass is 255 g/mol. The van der Waals surface area contributed by atoms with Crippen LogP contribution in [-0.4, -0.2) is 55.4 Å². The number of rotatable bonds is 3. The van der Waals surface area contributed by atoms with E-state index in [0.717, 1.165) is 0 Å². The van der Waals surface area contributed by atoms with Gasteiger partial charge in [-0.05, 0) is 12.1 Å². The van der Waals surface area contributed by atoms with Crippen molar-refractivity contribution in [2.24, 2.45) is 0 Å². The van der Waals surface area contributed by atoms with E-state index in [2.05, 4.69) is 0 Å². The minimum absolute atomic E-state index is 0.234. The average molecular weight is 255 g/mol. The third-order valence-corrected chi connectivity index (χ3v) is 2.69. The summed E-state index contributed by atoms with van der Waals surface area (Å²) in [5.74, 6) is 0.630. The summed E-state index contributed by atoms with van der Waals surface area (Å²) in [6.45, 7) is 1.74. The molecule has 0 aliphatic carbocycles. The maximum atomic E-state index is 12.1. The standard InChI is InChI=1S/C12H17NO5/c1-16-8-10-2-3-11(18-10)12(15)13-4-5-17-7-9(14)6-13/h2-3,9,14H,4-8H2,1H3/t9-/m0/s1. The molecule has 1 aromatic rings. The Hall–Kier alpha value is -1.37. The first-order valence-electron chi connectivity index (χ1n) is 5.83. The fraction of sp³-hybridized carbons (Fsp3) is 0.583. The van der Waals surface area contributed by atoms with E-state index in [1.807, 2.05) is 0 Å². The topological polar surface area (TPSA) is 72.1 Å². The van der Waals surface area contributed by atoms with Gasteiger partial charge in [0.25, 0.3) is 5.91 Å². The lowest BCUT2D eigenvalue weighted by Crippen LogP contribution is -2.37. The molecule has 0 aromatic carbocycles. The van der Waals surface area contributed by atoms with Crippen LogP contribution in [0.4, 0.5) is 0 Å². The van der Waals surface area contributed by atoms with E-state index in [-0.39, 0.29) is 24.8 Å². The van der Waals surface area contributed by atoms with Gasteiger partial charge in [-0.2, -0.15) is 0 Å². The number of nitrogens with zero attached hydrogens (tertiary/aromatic N) is 1. The molecule has 1 aromatic heterocycles. The van der Waals surface area contributed by atoms with Gasteiger partial charge < -0.3 is 23.9 Å². The molecule has 1 aliphatic rings. The van der Waals surface area contributed by atoms with Crippen molar-refractivity contribution < 1.29 is 23.8 Å². The Bertz CT molecular complexity index is 403. The molecule has 18 heavy (non-hydrogen) atoms. The predicted molar refractivity (Wildman–Crippen MR) is 62.2 cm³/mol. The molecule has 0 unspecified atom stereocenters. The van der Waals surface area contributed by atoms with Crippen LogP contribution in [-0.2, 0) is 16.1 Å². The third-order valence-electron chi connectivity index (χ3n) is 2.69. The molecule has 2 rings (SSSR count). The van der Waals surface area contributed by atoms with Crippen molar-refractivity contribution >= 4 is 5.91 Å². The lowest BCUT2D eigenvalue weighted by Gasteiger charge is -2.19. The van der Waals surface area contributed by atoms with Crippen molar-refractivity contribution in [3.8, 4) is 0 Å². The van der Waals surface area contributed by atoms with Crippen LogP contribution >= 0.6 is 0 Å². The number of carbonyl (C=O) groups excluding carboxylic acids is 1. The Morgan fingerprint density at radius 2 is 2.44 bits per heavy atom. The van der Waals surface area contributed by atoms with Crippen molar-refractivity contribution in [1.82, 2.24) is 4.90 Å². The van der Waals surface area contributed by atoms with Gasteiger partial charge in [-0.3, -0.25) is 4.79 Å². The quantitative estimate of drug-likeness (QED) is 0.838. The lowest BCUT2D eigenvalue weighted by atomic mass is 10.3. The summed E-state index contributed by atoms with van der Waals surface area (Å²) in [5, 5.41) is 9.58. The van der Waals surface area contributed by atoms with Crippen LogP contribution in [0.1, 0.15) is 16.3 Å². The van der Waals surface area contributed by atoms with Crippen molar-refractivity contribution in [2.45, 2.75) is 12.7 Å². The van der Waals surface area contributed by atoms with Crippen molar-refractivity contribution in [3.05, 3.63) is 23.7 Å². The van der Waals surface area contributed by atoms with Gasteiger partial charge in [0.15, 0.2) is 5.76 Å². The van der Waals surface area contributed by atoms with Crippen LogP contribution in [0.15, 0.2) is 16.5 Å². The first-order chi connectivity index (χ1) is 8.70. The van der Waals surface area contributed by atoms with Gasteiger partial charge in [-0.25, -0.2) is 0 Å². The molecular weight excluding hydrogens is 238 g/mol. The first kappa shape index (κ1) is 13.1. The second kappa shape index (κ2) is 5.99. The summed E-state index contributed by atoms with van der Waals surface area (Å²) < 4.78 is 15.5. The SMILES string of the molecule is COCc1ccc(C(=O)N2CCOC[C@@H](O)C2)o1. The number of hydrogen-bond donors (Lipinski definition) is 1. The van der Waals surface area contributed by atoms with E-state index in [1.165, 1.54) is 4.90 Å². The maximum Gasteiger partial charge on any atom is 0.289 e. The van der Waals surface area contributed by atoms with Gasteiger partial charge >= 0.3 is 0 Å². The van der Waals surface area contributed by atoms with E-state index < -0.39 is 6.10 Å². The summed E-state index contributed by atoms with van der Waals surface area (Å²) in [7, 11) is 1.56. The summed E-state index contributed by atoms with van der Waals surface area (Å²) in [6, 6.07) is 3.33. The summed E-state index contributed by atoms with van der Waals surface area (Å²) in [6.07, 6.45) is -0.648. The van der Waals surface area contributed by atoms with Crippen LogP contribution in [0, 0.1) is 0 Å². The van der Waals surface area contributed by atoms with Crippen LogP contribution in [0.5, 0.6) is 0 Å². The molecule has 1 atom stereocenters. The molecule has 100 valence electrons. The van der Waals surface area contributed by atoms with Gasteiger partial charge in [0.1, 0.15) is 12.4 Å². The molecule has 1 saturated heterocycles. The van der Waals surface area contributed by atoms with Crippen molar-refractivity contribution in [2.75, 3.05) is 33.4 Å². The number of β-amino-alcohol motifs (C(OH)–C–C–N with tert-alkyl or cyclic N) is 1. The molecular formula is C12H17NO5. The zero-order chi connectivity index (χ0) is 13.0. The molecule has 0 bridgehead atoms. The Kier molecular flexibility index (Phi) is 4.35. The van der Waals surface area contributed by atoms with E-state index in [0.29, 0.717) is 25.5 Å². The van der Waals surface area contributed by atoms with Crippen LogP contribution < -0.4 is 0 Å². The van der Waals surface area contributed by atoms with E-state index in [1.54, 1.807) is 19.2 Å². The fourth-order valence-corrected chi connectivity index (χ4v) is 1.85. The number of aliphatic hydroxyl groups is 1. The predicted octanol–water partition coefficient (Wildman–Crippen LogP) is 0.259. The van der Waals surface area contributed by atoms with Crippen LogP contribution in [0.25, 0.3) is 0 Å². The summed E-state index contributed by atoms with van der Waals surface area (Å²) in [4.78, 5) is 13.7. The number of hydrogen-bond acceptors (Lipinski definition) is 5. The second-order valence-corrected chi connectivity index (χ2v) is 4.18. The fourth-order valence-electron chi connectivity index (χ4n) is 1.85. The van der Waals surface area contributed by atoms with Gasteiger partial charge in [-0.15, -0.1) is 0 Å². The Morgan fingerprint density at radius 1 is 1.61 bits per heavy atom. The molecule has 0 radical (unpaired) electrons. The van der Waals surface area contributed by atoms with Crippen LogP contribution in [0.2, 0.25) is 0 Å². The Labute approximate surface area is 105 Å². The van der Waals surface area contributed by atoms with E-state index >= 15 is 0 Å². The molecule has 1 N–H and O–H groups in total. The molecule has 1 aliphatic heterocycles. The van der Waals surface area contributed by atoms with Gasteiger partial charge in [0.05, 0.1) is 19.3 Å². The van der Waals surface area contributed by atoms with Gasteiger partial charge in [-0.1, -0.05) is 0 Å². The maximum absolute atomic E-state index is 12.1. The van der Waals surface area contributed by atoms with Crippen LogP contribution in [0.3, 0.4) is 0 Å². The molecule has 0 spiro atoms. The molecule has 2 heterocycles. The Balaban J connectivity index is 2.04. The highest BCUT2D eigenvalue weighted by Crippen LogP contribution is 2.13. The number of carbonyl (C=O) groups is 1. The van der Waals surface area contributed by atoms with E-state index in [9.17, 15) is 9.90 Å². The molecule has 0 saturated carbocycles. The number of methoxy groups -OCH3 is 1. The largest absolute Gasteiger partial charge is 0.453 e. The zero-order valence-electron chi connectivity index (χ0n) is 10.3. The minimum atomic E-state index is -0.648. The molecule has 1 fully saturated rings. The highest BCUT2D eigenvalue weighted by molar-refractivity contribution is 5.91. The van der Waals surface area contributed by atoms with Gasteiger partial charge in [0.2, 0.25) is 0 Å². The van der Waals surface area contributed by atoms with Crippen molar-refractivity contribution in [3.63, 3.8) is 0 Å². The minimum Gasteiger partial charge on any atom is -0.453 e. The third kappa shape index (κ3) is 3.10. The highest BCUT2D eigenvalue weighted by atomic mass is 16.5. The molecule has 6 heteroatoms. The first-order valence-corrected chi connectivity index (χ1v) is 5.83. The van der Waals surface area contributed by atoms with E-state index in [4.69, 9.17) is 13.9 Å². The normalized spacial score (nSPS) is 20.8. The average Bonchev–Trinajstić information content (AvgIpc) is 2.70. The summed E-state index contributed by atoms with van der Waals surface area (Å²) in [5.41, 5.74) is 0. The number of ether oxygens (including phenoxy) is 2. The summed E-state index contributed by atoms with van der Waals surface area (Å²) >= 11 is 0. The number of furan rings is 1. The lowest BCUT2D eigenvalue weighted by molar-refractivity contribution is 0.0524. The second-order valence-electron chi connectivity index (χ2n) is 4.18. The number of amides is 1. The molecule has 6 nitrogen and oxygen atoms in total. The number of aliphatic hydroxyl groups excluding tert-OH is 1. The van der Waals surface area contributed by atoms with Gasteiger partial charge in [0, 0.05) is 20.2 Å². The van der Waals surface area contributed by atoms with Crippen molar-refractivity contribution in [1.29, 1.82) is 0 Å².